The predicted octanol–water partition coefficient (Wildman–Crippen LogP) is 7.00. The van der Waals surface area contributed by atoms with E-state index in [4.69, 9.17) is 23.9 Å². The fraction of sp³-hybridized carbons (Fsp3) is 0.464. The van der Waals surface area contributed by atoms with Crippen molar-refractivity contribution in [1.82, 2.24) is 41.0 Å². The Bertz CT molecular complexity index is 2680. The molecule has 3 aliphatic heterocycles. The number of carbonyl (C=O) groups excluding carboxylic acids is 5. The average Bonchev–Trinajstić information content (AvgIpc) is 4.09. The number of benzene rings is 3. The molecule has 75 heavy (non-hydrogen) atoms. The molecule has 2 atom stereocenters. The van der Waals surface area contributed by atoms with Gasteiger partial charge < -0.3 is 45.1 Å². The van der Waals surface area contributed by atoms with Gasteiger partial charge in [0.25, 0.3) is 11.8 Å². The molecular weight excluding hydrogens is 957 g/mol. The third-order valence-electron chi connectivity index (χ3n) is 13.8. The molecule has 2 aromatic heterocycles. The van der Waals surface area contributed by atoms with Crippen molar-refractivity contribution < 1.29 is 42.9 Å². The van der Waals surface area contributed by atoms with E-state index in [2.05, 4.69) is 41.8 Å². The molecule has 0 spiro atoms. The summed E-state index contributed by atoms with van der Waals surface area (Å²) < 4.78 is 23.1. The molecule has 3 aromatic carbocycles. The van der Waals surface area contributed by atoms with Gasteiger partial charge in [0.15, 0.2) is 11.6 Å². The molecule has 6 N–H and O–H groups in total. The number of anilines is 2. The summed E-state index contributed by atoms with van der Waals surface area (Å²) in [4.78, 5) is 73.7. The van der Waals surface area contributed by atoms with Crippen LogP contribution in [0.1, 0.15) is 128 Å². The maximum absolute atomic E-state index is 13.5. The van der Waals surface area contributed by atoms with Gasteiger partial charge in [-0.2, -0.15) is 5.10 Å². The number of aromatic amines is 1. The van der Waals surface area contributed by atoms with Gasteiger partial charge >= 0.3 is 0 Å². The molecule has 1 unspecified atom stereocenters. The Morgan fingerprint density at radius 3 is 2.23 bits per heavy atom. The first-order chi connectivity index (χ1) is 36.7. The fourth-order valence-electron chi connectivity index (χ4n) is 9.58. The molecule has 0 bridgehead atoms. The topological polar surface area (TPSA) is 240 Å². The van der Waals surface area contributed by atoms with Crippen LogP contribution < -0.4 is 31.3 Å². The number of unbranched alkanes of at least 4 members (excludes halogenated alkanes) is 5. The number of aromatic nitrogens is 4. The average molecular weight is 1030 g/mol. The van der Waals surface area contributed by atoms with Gasteiger partial charge in [-0.25, -0.2) is 4.98 Å². The predicted molar refractivity (Wildman–Crippen MR) is 282 cm³/mol. The molecule has 19 heteroatoms. The summed E-state index contributed by atoms with van der Waals surface area (Å²) in [6.07, 6.45) is 12.2. The largest absolute Gasteiger partial charge is 0.494 e. The van der Waals surface area contributed by atoms with Crippen molar-refractivity contribution in [3.63, 3.8) is 0 Å². The van der Waals surface area contributed by atoms with Gasteiger partial charge in [-0.1, -0.05) is 37.1 Å². The summed E-state index contributed by atoms with van der Waals surface area (Å²) in [6.45, 7) is 7.75. The van der Waals surface area contributed by atoms with Crippen molar-refractivity contribution in [2.24, 2.45) is 0 Å². The van der Waals surface area contributed by atoms with E-state index in [-0.39, 0.29) is 49.1 Å². The van der Waals surface area contributed by atoms with Crippen LogP contribution in [0.3, 0.4) is 0 Å². The molecule has 19 nitrogen and oxygen atoms in total. The highest BCUT2D eigenvalue weighted by atomic mass is 16.5. The first-order valence-electron chi connectivity index (χ1n) is 26.4. The molecule has 2 saturated heterocycles. The maximum atomic E-state index is 13.5. The highest BCUT2D eigenvalue weighted by Crippen LogP contribution is 2.35. The minimum Gasteiger partial charge on any atom is -0.494 e. The van der Waals surface area contributed by atoms with E-state index < -0.39 is 17.5 Å². The van der Waals surface area contributed by atoms with Crippen LogP contribution in [-0.4, -0.2) is 120 Å². The van der Waals surface area contributed by atoms with Crippen molar-refractivity contribution in [1.29, 1.82) is 0 Å². The Balaban J connectivity index is 0.611. The second kappa shape index (κ2) is 27.5. The van der Waals surface area contributed by atoms with Gasteiger partial charge in [-0.3, -0.25) is 39.4 Å². The van der Waals surface area contributed by atoms with Gasteiger partial charge in [0, 0.05) is 78.6 Å². The Hall–Kier alpha value is -7.06. The Morgan fingerprint density at radius 2 is 1.49 bits per heavy atom. The van der Waals surface area contributed by atoms with Crippen LogP contribution in [0.4, 0.5) is 11.4 Å². The quantitative estimate of drug-likeness (QED) is 0.0209. The van der Waals surface area contributed by atoms with E-state index in [9.17, 15) is 24.0 Å². The highest BCUT2D eigenvalue weighted by molar-refractivity contribution is 6.06. The maximum Gasteiger partial charge on any atom is 0.255 e. The third-order valence-corrected chi connectivity index (χ3v) is 13.8. The first-order valence-corrected chi connectivity index (χ1v) is 26.4. The van der Waals surface area contributed by atoms with Gasteiger partial charge in [0.2, 0.25) is 17.7 Å². The van der Waals surface area contributed by atoms with Crippen LogP contribution in [-0.2, 0) is 40.7 Å². The van der Waals surface area contributed by atoms with Gasteiger partial charge in [0.1, 0.15) is 11.8 Å². The van der Waals surface area contributed by atoms with Crippen molar-refractivity contribution in [3.05, 3.63) is 119 Å². The lowest BCUT2D eigenvalue weighted by Crippen LogP contribution is -2.52. The first kappa shape index (κ1) is 54.2. The van der Waals surface area contributed by atoms with Crippen LogP contribution in [0.5, 0.6) is 5.75 Å². The van der Waals surface area contributed by atoms with Crippen LogP contribution in [0.25, 0.3) is 11.4 Å². The van der Waals surface area contributed by atoms with Crippen LogP contribution in [0, 0.1) is 0 Å². The van der Waals surface area contributed by atoms with E-state index in [1.54, 1.807) is 30.6 Å². The SMILES string of the molecule is C[C@H](NC(=O)c1cccc(NC2(c3nc(-c4ccncc4)n[nH]3)CCNCC2)c1)c1ccc(OCCCCCCOCCOCCOCCCCCC(=O)Nc2cccc3c2CN(C2CCC(=O)NC2=O)C3=O)cc1. The molecule has 0 radical (unpaired) electrons. The molecule has 3 aliphatic rings. The minimum atomic E-state index is -0.705. The molecule has 5 heterocycles. The molecule has 8 rings (SSSR count). The number of piperidine rings is 2. The standard InChI is InChI=1S/C56H70N10O9/c1-39(59-52(69)42-11-9-12-43(37-42)63-56(24-28-58-29-25-56)55-62-51(64-65-55)41-22-26-57-27-23-41)40-16-18-44(19-17-40)75-32-8-3-2-6-30-72-33-35-74-36-34-73-31-7-4-5-15-49(67)60-47-14-10-13-45-46(47)38-66(54(45)71)48-20-21-50(68)61-53(48)70/h9-14,16-19,22-23,26-27,37,39,48,58,63H,2-8,15,20-21,24-25,28-36,38H2,1H3,(H,59,69)(H,60,67)(H,61,68,70)(H,62,64,65)/t39-,48?/m0/s1. The third kappa shape index (κ3) is 15.3. The number of ether oxygens (including phenoxy) is 4. The number of nitrogens with one attached hydrogen (secondary N) is 6. The van der Waals surface area contributed by atoms with Crippen molar-refractivity contribution in [3.8, 4) is 17.1 Å². The number of carbonyl (C=O) groups is 5. The van der Waals surface area contributed by atoms with E-state index >= 15 is 0 Å². The Labute approximate surface area is 438 Å². The van der Waals surface area contributed by atoms with Crippen molar-refractivity contribution in [2.45, 2.75) is 108 Å². The second-order valence-corrected chi connectivity index (χ2v) is 19.2. The van der Waals surface area contributed by atoms with Crippen molar-refractivity contribution in [2.75, 3.05) is 70.0 Å². The lowest BCUT2D eigenvalue weighted by atomic mass is 9.87. The molecule has 0 saturated carbocycles. The summed E-state index contributed by atoms with van der Waals surface area (Å²) in [7, 11) is 0. The number of rotatable bonds is 29. The second-order valence-electron chi connectivity index (χ2n) is 19.2. The van der Waals surface area contributed by atoms with E-state index in [0.717, 1.165) is 92.8 Å². The molecule has 0 aliphatic carbocycles. The van der Waals surface area contributed by atoms with E-state index in [0.29, 0.717) is 87.3 Å². The number of hydrogen-bond donors (Lipinski definition) is 6. The summed E-state index contributed by atoms with van der Waals surface area (Å²) in [5.74, 6) is 0.819. The lowest BCUT2D eigenvalue weighted by molar-refractivity contribution is -0.137. The Morgan fingerprint density at radius 1 is 0.800 bits per heavy atom. The van der Waals surface area contributed by atoms with Crippen LogP contribution in [0.15, 0.2) is 91.3 Å². The van der Waals surface area contributed by atoms with Crippen molar-refractivity contribution >= 4 is 40.9 Å². The Kier molecular flexibility index (Phi) is 19.9. The normalized spacial score (nSPS) is 16.5. The van der Waals surface area contributed by atoms with Gasteiger partial charge in [-0.15, -0.1) is 0 Å². The molecule has 5 aromatic rings. The van der Waals surface area contributed by atoms with Crippen LogP contribution >= 0.6 is 0 Å². The zero-order valence-corrected chi connectivity index (χ0v) is 42.8. The van der Waals surface area contributed by atoms with E-state index in [1.807, 2.05) is 67.6 Å². The molecule has 398 valence electrons. The smallest absolute Gasteiger partial charge is 0.255 e. The number of nitrogens with zero attached hydrogens (tertiary/aromatic N) is 4. The molecule has 5 amide bonds. The number of pyridine rings is 1. The van der Waals surface area contributed by atoms with E-state index in [1.165, 1.54) is 4.90 Å². The number of imide groups is 1. The zero-order chi connectivity index (χ0) is 52.2. The number of hydrogen-bond acceptors (Lipinski definition) is 14. The molecular formula is C56H70N10O9. The highest BCUT2D eigenvalue weighted by Gasteiger charge is 2.40. The fourth-order valence-corrected chi connectivity index (χ4v) is 9.58. The number of H-pyrrole nitrogens is 1. The van der Waals surface area contributed by atoms with Gasteiger partial charge in [0.05, 0.1) is 44.6 Å². The summed E-state index contributed by atoms with van der Waals surface area (Å²) in [6, 6.07) is 23.5. The van der Waals surface area contributed by atoms with Crippen LogP contribution in [0.2, 0.25) is 0 Å². The summed E-state index contributed by atoms with van der Waals surface area (Å²) in [5, 5.41) is 23.3. The zero-order valence-electron chi connectivity index (χ0n) is 42.8. The monoisotopic (exact) mass is 1030 g/mol. The minimum absolute atomic E-state index is 0.134. The summed E-state index contributed by atoms with van der Waals surface area (Å²) in [5.41, 5.74) is 4.52. The number of fused-ring (bicyclic) bond motifs is 1. The summed E-state index contributed by atoms with van der Waals surface area (Å²) >= 11 is 0. The molecule has 2 fully saturated rings. The number of amides is 5. The lowest BCUT2D eigenvalue weighted by Gasteiger charge is -2.37. The van der Waals surface area contributed by atoms with Gasteiger partial charge in [-0.05, 0) is 132 Å².